The summed E-state index contributed by atoms with van der Waals surface area (Å²) in [7, 11) is 0. The first-order chi connectivity index (χ1) is 7.83. The summed E-state index contributed by atoms with van der Waals surface area (Å²) in [5.74, 6) is 1.70. The third kappa shape index (κ3) is 1.71. The summed E-state index contributed by atoms with van der Waals surface area (Å²) in [6, 6.07) is 6.38. The van der Waals surface area contributed by atoms with Gasteiger partial charge in [-0.25, -0.2) is 4.98 Å². The van der Waals surface area contributed by atoms with Crippen LogP contribution in [0, 0.1) is 6.92 Å². The minimum absolute atomic E-state index is 0.557. The summed E-state index contributed by atoms with van der Waals surface area (Å²) in [4.78, 5) is 8.14. The second kappa shape index (κ2) is 3.91. The Kier molecular flexibility index (Phi) is 2.40. The quantitative estimate of drug-likeness (QED) is 0.766. The van der Waals surface area contributed by atoms with Gasteiger partial charge in [0, 0.05) is 12.5 Å². The maximum Gasteiger partial charge on any atom is 0.111 e. The van der Waals surface area contributed by atoms with Gasteiger partial charge in [0.2, 0.25) is 0 Å². The summed E-state index contributed by atoms with van der Waals surface area (Å²) in [5.41, 5.74) is 3.54. The van der Waals surface area contributed by atoms with Crippen LogP contribution in [0.25, 0.3) is 11.0 Å². The van der Waals surface area contributed by atoms with Gasteiger partial charge in [-0.15, -0.1) is 0 Å². The van der Waals surface area contributed by atoms with Gasteiger partial charge in [-0.05, 0) is 44.0 Å². The van der Waals surface area contributed by atoms with E-state index in [9.17, 15) is 0 Å². The lowest BCUT2D eigenvalue weighted by Crippen LogP contribution is -2.28. The van der Waals surface area contributed by atoms with Crippen molar-refractivity contribution in [1.29, 1.82) is 0 Å². The van der Waals surface area contributed by atoms with Crippen LogP contribution in [0.1, 0.15) is 30.1 Å². The van der Waals surface area contributed by atoms with Gasteiger partial charge >= 0.3 is 0 Å². The van der Waals surface area contributed by atoms with Gasteiger partial charge in [0.15, 0.2) is 0 Å². The number of nitrogens with one attached hydrogen (secondary N) is 2. The fraction of sp³-hybridized carbons (Fsp3) is 0.462. The molecule has 1 unspecified atom stereocenters. The molecule has 0 aliphatic carbocycles. The van der Waals surface area contributed by atoms with E-state index in [1.807, 2.05) is 0 Å². The molecule has 2 N–H and O–H groups in total. The molecule has 2 aromatic rings. The maximum absolute atomic E-state index is 4.68. The average molecular weight is 215 g/mol. The van der Waals surface area contributed by atoms with Crippen LogP contribution in [0.2, 0.25) is 0 Å². The number of piperidine rings is 1. The minimum Gasteiger partial charge on any atom is -0.342 e. The van der Waals surface area contributed by atoms with Crippen LogP contribution in [-0.4, -0.2) is 23.1 Å². The number of aromatic amines is 1. The second-order valence-electron chi connectivity index (χ2n) is 4.69. The summed E-state index contributed by atoms with van der Waals surface area (Å²) < 4.78 is 0. The van der Waals surface area contributed by atoms with Crippen LogP contribution in [0.3, 0.4) is 0 Å². The summed E-state index contributed by atoms with van der Waals surface area (Å²) in [6.07, 6.45) is 2.49. The molecule has 84 valence electrons. The minimum atomic E-state index is 0.557. The normalized spacial score (nSPS) is 21.4. The van der Waals surface area contributed by atoms with E-state index in [2.05, 4.69) is 40.4 Å². The van der Waals surface area contributed by atoms with E-state index < -0.39 is 0 Å². The lowest BCUT2D eigenvalue weighted by atomic mass is 9.99. The Labute approximate surface area is 95.3 Å². The zero-order valence-electron chi connectivity index (χ0n) is 9.59. The fourth-order valence-corrected chi connectivity index (χ4v) is 2.42. The Balaban J connectivity index is 1.97. The SMILES string of the molecule is Cc1ccc2nc(C3CCCNC3)[nH]c2c1. The van der Waals surface area contributed by atoms with E-state index in [0.717, 1.165) is 24.4 Å². The van der Waals surface area contributed by atoms with Crippen LogP contribution >= 0.6 is 0 Å². The molecule has 1 saturated heterocycles. The summed E-state index contributed by atoms with van der Waals surface area (Å²) in [5, 5.41) is 3.43. The molecule has 0 saturated carbocycles. The number of hydrogen-bond acceptors (Lipinski definition) is 2. The fourth-order valence-electron chi connectivity index (χ4n) is 2.42. The number of nitrogens with zero attached hydrogens (tertiary/aromatic N) is 1. The summed E-state index contributed by atoms with van der Waals surface area (Å²) in [6.45, 7) is 4.32. The zero-order valence-corrected chi connectivity index (χ0v) is 9.59. The van der Waals surface area contributed by atoms with Crippen molar-refractivity contribution in [1.82, 2.24) is 15.3 Å². The molecule has 0 spiro atoms. The largest absolute Gasteiger partial charge is 0.342 e. The third-order valence-electron chi connectivity index (χ3n) is 3.34. The Bertz CT molecular complexity index is 495. The molecule has 1 aromatic carbocycles. The first-order valence-corrected chi connectivity index (χ1v) is 6.00. The van der Waals surface area contributed by atoms with Crippen molar-refractivity contribution in [2.75, 3.05) is 13.1 Å². The smallest absolute Gasteiger partial charge is 0.111 e. The number of rotatable bonds is 1. The van der Waals surface area contributed by atoms with Crippen molar-refractivity contribution >= 4 is 11.0 Å². The van der Waals surface area contributed by atoms with Crippen LogP contribution < -0.4 is 5.32 Å². The van der Waals surface area contributed by atoms with Gasteiger partial charge < -0.3 is 10.3 Å². The molecule has 1 aliphatic heterocycles. The van der Waals surface area contributed by atoms with Crippen LogP contribution in [0.15, 0.2) is 18.2 Å². The maximum atomic E-state index is 4.68. The van der Waals surface area contributed by atoms with Crippen molar-refractivity contribution in [2.24, 2.45) is 0 Å². The first-order valence-electron chi connectivity index (χ1n) is 6.00. The average Bonchev–Trinajstić information content (AvgIpc) is 2.73. The van der Waals surface area contributed by atoms with Crippen molar-refractivity contribution in [3.05, 3.63) is 29.6 Å². The Morgan fingerprint density at radius 3 is 3.12 bits per heavy atom. The number of aromatic nitrogens is 2. The van der Waals surface area contributed by atoms with Crippen molar-refractivity contribution in [2.45, 2.75) is 25.7 Å². The van der Waals surface area contributed by atoms with Crippen molar-refractivity contribution in [3.63, 3.8) is 0 Å². The summed E-state index contributed by atoms with van der Waals surface area (Å²) >= 11 is 0. The molecule has 1 atom stereocenters. The predicted molar refractivity (Wildman–Crippen MR) is 65.7 cm³/mol. The van der Waals surface area contributed by atoms with Gasteiger partial charge in [-0.2, -0.15) is 0 Å². The highest BCUT2D eigenvalue weighted by Crippen LogP contribution is 2.23. The molecule has 16 heavy (non-hydrogen) atoms. The topological polar surface area (TPSA) is 40.7 Å². The Hall–Kier alpha value is -1.35. The number of imidazole rings is 1. The standard InChI is InChI=1S/C13H17N3/c1-9-4-5-11-12(7-9)16-13(15-11)10-3-2-6-14-8-10/h4-5,7,10,14H,2-3,6,8H2,1H3,(H,15,16). The molecule has 3 heteroatoms. The second-order valence-corrected chi connectivity index (χ2v) is 4.69. The predicted octanol–water partition coefficient (Wildman–Crippen LogP) is 2.34. The van der Waals surface area contributed by atoms with Crippen LogP contribution in [-0.2, 0) is 0 Å². The van der Waals surface area contributed by atoms with Crippen LogP contribution in [0.4, 0.5) is 0 Å². The molecule has 1 aromatic heterocycles. The van der Waals surface area contributed by atoms with Crippen molar-refractivity contribution in [3.8, 4) is 0 Å². The van der Waals surface area contributed by atoms with E-state index >= 15 is 0 Å². The van der Waals surface area contributed by atoms with E-state index in [0.29, 0.717) is 5.92 Å². The monoisotopic (exact) mass is 215 g/mol. The van der Waals surface area contributed by atoms with Gasteiger partial charge in [0.25, 0.3) is 0 Å². The van der Waals surface area contributed by atoms with Gasteiger partial charge in [-0.3, -0.25) is 0 Å². The molecule has 0 radical (unpaired) electrons. The zero-order chi connectivity index (χ0) is 11.0. The number of H-pyrrole nitrogens is 1. The van der Waals surface area contributed by atoms with E-state index in [1.54, 1.807) is 0 Å². The molecular formula is C13H17N3. The highest BCUT2D eigenvalue weighted by atomic mass is 15.0. The molecule has 0 bridgehead atoms. The van der Waals surface area contributed by atoms with E-state index in [-0.39, 0.29) is 0 Å². The van der Waals surface area contributed by atoms with E-state index in [1.165, 1.54) is 23.9 Å². The molecule has 0 amide bonds. The third-order valence-corrected chi connectivity index (χ3v) is 3.34. The molecule has 1 aliphatic rings. The van der Waals surface area contributed by atoms with Crippen molar-refractivity contribution < 1.29 is 0 Å². The van der Waals surface area contributed by atoms with Gasteiger partial charge in [0.05, 0.1) is 11.0 Å². The highest BCUT2D eigenvalue weighted by molar-refractivity contribution is 5.75. The number of fused-ring (bicyclic) bond motifs is 1. The number of aryl methyl sites for hydroxylation is 1. The number of benzene rings is 1. The lowest BCUT2D eigenvalue weighted by molar-refractivity contribution is 0.449. The Morgan fingerprint density at radius 2 is 2.31 bits per heavy atom. The molecular weight excluding hydrogens is 198 g/mol. The molecule has 3 nitrogen and oxygen atoms in total. The highest BCUT2D eigenvalue weighted by Gasteiger charge is 2.18. The first kappa shape index (κ1) is 9.85. The Morgan fingerprint density at radius 1 is 1.38 bits per heavy atom. The molecule has 2 heterocycles. The number of hydrogen-bond donors (Lipinski definition) is 2. The molecule has 1 fully saturated rings. The van der Waals surface area contributed by atoms with E-state index in [4.69, 9.17) is 0 Å². The van der Waals surface area contributed by atoms with Crippen LogP contribution in [0.5, 0.6) is 0 Å². The lowest BCUT2D eigenvalue weighted by Gasteiger charge is -2.20. The van der Waals surface area contributed by atoms with Gasteiger partial charge in [-0.1, -0.05) is 6.07 Å². The molecule has 3 rings (SSSR count). The van der Waals surface area contributed by atoms with Gasteiger partial charge in [0.1, 0.15) is 5.82 Å².